The van der Waals surface area contributed by atoms with Gasteiger partial charge in [-0.15, -0.1) is 0 Å². The van der Waals surface area contributed by atoms with E-state index in [0.29, 0.717) is 4.90 Å². The van der Waals surface area contributed by atoms with E-state index in [1.54, 1.807) is 13.0 Å². The lowest BCUT2D eigenvalue weighted by Crippen LogP contribution is -2.45. The highest BCUT2D eigenvalue weighted by Gasteiger charge is 2.41. The molecule has 3 aliphatic heterocycles. The monoisotopic (exact) mass is 447 g/mol. The van der Waals surface area contributed by atoms with E-state index in [1.165, 1.54) is 16.8 Å². The Kier molecular flexibility index (Phi) is 5.24. The predicted molar refractivity (Wildman–Crippen MR) is 125 cm³/mol. The predicted octanol–water partition coefficient (Wildman–Crippen LogP) is 3.53. The van der Waals surface area contributed by atoms with Crippen molar-refractivity contribution in [1.29, 1.82) is 5.26 Å². The van der Waals surface area contributed by atoms with Crippen molar-refractivity contribution >= 4 is 29.5 Å². The average Bonchev–Trinajstić information content (AvgIpc) is 2.73. The van der Waals surface area contributed by atoms with Gasteiger partial charge in [-0.3, -0.25) is 19.3 Å². The topological polar surface area (TPSA) is 102 Å². The molecule has 0 aliphatic carbocycles. The largest absolute Gasteiger partial charge is 0.480 e. The molecule has 0 radical (unpaired) electrons. The van der Waals surface area contributed by atoms with Crippen LogP contribution in [0.15, 0.2) is 28.9 Å². The van der Waals surface area contributed by atoms with Crippen LogP contribution in [0.4, 0.5) is 5.69 Å². The van der Waals surface area contributed by atoms with Crippen molar-refractivity contribution in [3.63, 3.8) is 0 Å². The van der Waals surface area contributed by atoms with Crippen molar-refractivity contribution in [3.05, 3.63) is 45.5 Å². The lowest BCUT2D eigenvalue weighted by atomic mass is 9.69. The minimum atomic E-state index is -1.31. The van der Waals surface area contributed by atoms with Gasteiger partial charge in [0.2, 0.25) is 0 Å². The first-order valence-electron chi connectivity index (χ1n) is 11.2. The van der Waals surface area contributed by atoms with Gasteiger partial charge in [-0.05, 0) is 71.1 Å². The second-order valence-corrected chi connectivity index (χ2v) is 10.5. The van der Waals surface area contributed by atoms with E-state index in [2.05, 4.69) is 44.7 Å². The number of hydrogen-bond acceptors (Lipinski definition) is 5. The molecule has 3 heterocycles. The van der Waals surface area contributed by atoms with Crippen molar-refractivity contribution in [2.24, 2.45) is 0 Å². The standard InChI is InChI=1S/C26H29N3O4/c1-15-17(23(32)29(14-21(30)31)24(33)18(15)13-27)10-16-11-19-22-20(12-16)26(4,5)7-9-28(22)8-6-25(19,2)3/h10-12H,6-9,14H2,1-5H3,(H,30,31)/b17-10-. The number of aliphatic carboxylic acids is 1. The Morgan fingerprint density at radius 2 is 1.64 bits per heavy atom. The second-order valence-electron chi connectivity index (χ2n) is 10.5. The van der Waals surface area contributed by atoms with Crippen LogP contribution in [0.3, 0.4) is 0 Å². The van der Waals surface area contributed by atoms with Crippen LogP contribution in [0, 0.1) is 11.3 Å². The number of imide groups is 1. The van der Waals surface area contributed by atoms with Gasteiger partial charge in [0.25, 0.3) is 11.8 Å². The number of benzene rings is 1. The Balaban J connectivity index is 1.93. The van der Waals surface area contributed by atoms with Crippen molar-refractivity contribution in [2.45, 2.75) is 58.3 Å². The van der Waals surface area contributed by atoms with Crippen molar-refractivity contribution in [2.75, 3.05) is 24.5 Å². The third-order valence-corrected chi connectivity index (χ3v) is 7.35. The van der Waals surface area contributed by atoms with Gasteiger partial charge >= 0.3 is 5.97 Å². The summed E-state index contributed by atoms with van der Waals surface area (Å²) < 4.78 is 0. The van der Waals surface area contributed by atoms with E-state index >= 15 is 0 Å². The summed E-state index contributed by atoms with van der Waals surface area (Å²) in [5, 5.41) is 18.7. The van der Waals surface area contributed by atoms with Gasteiger partial charge in [-0.2, -0.15) is 5.26 Å². The van der Waals surface area contributed by atoms with Gasteiger partial charge in [-0.1, -0.05) is 27.7 Å². The van der Waals surface area contributed by atoms with Crippen LogP contribution < -0.4 is 4.90 Å². The van der Waals surface area contributed by atoms with Gasteiger partial charge in [-0.25, -0.2) is 0 Å². The molecule has 1 aromatic carbocycles. The van der Waals surface area contributed by atoms with Crippen LogP contribution >= 0.6 is 0 Å². The number of carboxylic acid groups (broad SMARTS) is 1. The fourth-order valence-electron chi connectivity index (χ4n) is 5.12. The van der Waals surface area contributed by atoms with Gasteiger partial charge in [0.1, 0.15) is 18.2 Å². The Bertz CT molecular complexity index is 1160. The number of rotatable bonds is 3. The summed E-state index contributed by atoms with van der Waals surface area (Å²) in [7, 11) is 0. The van der Waals surface area contributed by atoms with Crippen LogP contribution in [0.25, 0.3) is 6.08 Å². The molecule has 0 spiro atoms. The first-order valence-corrected chi connectivity index (χ1v) is 11.2. The Hall–Kier alpha value is -3.40. The summed E-state index contributed by atoms with van der Waals surface area (Å²) in [4.78, 5) is 40.0. The number of nitriles is 1. The summed E-state index contributed by atoms with van der Waals surface area (Å²) in [6.07, 6.45) is 3.75. The molecule has 0 fully saturated rings. The number of amides is 2. The molecule has 0 saturated heterocycles. The molecular weight excluding hydrogens is 418 g/mol. The summed E-state index contributed by atoms with van der Waals surface area (Å²) in [5.41, 5.74) is 4.75. The summed E-state index contributed by atoms with van der Waals surface area (Å²) in [5.74, 6) is -2.86. The van der Waals surface area contributed by atoms with Gasteiger partial charge in [0.05, 0.1) is 0 Å². The Morgan fingerprint density at radius 3 is 2.12 bits per heavy atom. The highest BCUT2D eigenvalue weighted by Crippen LogP contribution is 2.49. The number of carbonyl (C=O) groups excluding carboxylic acids is 2. The van der Waals surface area contributed by atoms with Crippen molar-refractivity contribution in [1.82, 2.24) is 4.90 Å². The maximum atomic E-state index is 13.1. The zero-order valence-corrected chi connectivity index (χ0v) is 19.8. The highest BCUT2D eigenvalue weighted by molar-refractivity contribution is 6.20. The van der Waals surface area contributed by atoms with Gasteiger partial charge in [0, 0.05) is 24.4 Å². The van der Waals surface area contributed by atoms with Crippen molar-refractivity contribution in [3.8, 4) is 6.07 Å². The maximum absolute atomic E-state index is 13.1. The molecule has 0 saturated carbocycles. The first kappa shape index (κ1) is 22.8. The normalized spacial score (nSPS) is 22.4. The SMILES string of the molecule is CC1=C(C#N)C(=O)N(CC(=O)O)C(=O)/C1=C\c1cc2c3c(c1)C(C)(C)CCN3CCC2(C)C. The number of carbonyl (C=O) groups is 3. The van der Waals surface area contributed by atoms with E-state index in [0.717, 1.165) is 31.5 Å². The molecule has 1 N–H and O–H groups in total. The van der Waals surface area contributed by atoms with E-state index in [9.17, 15) is 24.8 Å². The summed E-state index contributed by atoms with van der Waals surface area (Å²) >= 11 is 0. The smallest absolute Gasteiger partial charge is 0.323 e. The molecule has 0 atom stereocenters. The van der Waals surface area contributed by atoms with E-state index in [4.69, 9.17) is 0 Å². The third kappa shape index (κ3) is 3.64. The molecule has 7 heteroatoms. The van der Waals surface area contributed by atoms with E-state index in [1.807, 2.05) is 6.07 Å². The number of hydrogen-bond donors (Lipinski definition) is 1. The molecule has 3 aliphatic rings. The number of carboxylic acids is 1. The first-order chi connectivity index (χ1) is 15.4. The lowest BCUT2D eigenvalue weighted by molar-refractivity contribution is -0.149. The second kappa shape index (κ2) is 7.58. The number of anilines is 1. The molecule has 4 rings (SSSR count). The fraction of sp³-hybridized carbons (Fsp3) is 0.462. The molecule has 0 bridgehead atoms. The fourth-order valence-corrected chi connectivity index (χ4v) is 5.12. The third-order valence-electron chi connectivity index (χ3n) is 7.35. The van der Waals surface area contributed by atoms with Gasteiger partial charge < -0.3 is 10.0 Å². The minimum absolute atomic E-state index is 0.0346. The summed E-state index contributed by atoms with van der Waals surface area (Å²) in [6, 6.07) is 6.05. The van der Waals surface area contributed by atoms with Crippen LogP contribution in [-0.4, -0.2) is 47.4 Å². The van der Waals surface area contributed by atoms with Crippen molar-refractivity contribution < 1.29 is 19.5 Å². The summed E-state index contributed by atoms with van der Waals surface area (Å²) in [6.45, 7) is 11.7. The van der Waals surface area contributed by atoms with E-state index < -0.39 is 24.3 Å². The molecule has 7 nitrogen and oxygen atoms in total. The van der Waals surface area contributed by atoms with Crippen LogP contribution in [-0.2, 0) is 25.2 Å². The van der Waals surface area contributed by atoms with Gasteiger partial charge in [0.15, 0.2) is 0 Å². The molecule has 33 heavy (non-hydrogen) atoms. The van der Waals surface area contributed by atoms with E-state index in [-0.39, 0.29) is 27.5 Å². The lowest BCUT2D eigenvalue weighted by Gasteiger charge is -2.48. The molecule has 0 aromatic heterocycles. The maximum Gasteiger partial charge on any atom is 0.323 e. The molecule has 1 aromatic rings. The zero-order chi connectivity index (χ0) is 24.3. The molecular formula is C26H29N3O4. The Labute approximate surface area is 194 Å². The highest BCUT2D eigenvalue weighted by atomic mass is 16.4. The number of nitrogens with zero attached hydrogens (tertiary/aromatic N) is 3. The molecule has 172 valence electrons. The van der Waals surface area contributed by atoms with Crippen LogP contribution in [0.2, 0.25) is 0 Å². The molecule has 2 amide bonds. The minimum Gasteiger partial charge on any atom is -0.480 e. The molecule has 0 unspecified atom stereocenters. The van der Waals surface area contributed by atoms with Crippen LogP contribution in [0.1, 0.15) is 64.2 Å². The Morgan fingerprint density at radius 1 is 1.09 bits per heavy atom. The quantitative estimate of drug-likeness (QED) is 0.562. The average molecular weight is 448 g/mol. The van der Waals surface area contributed by atoms with Crippen LogP contribution in [0.5, 0.6) is 0 Å². The zero-order valence-electron chi connectivity index (χ0n) is 19.8.